The molecule has 0 radical (unpaired) electrons. The summed E-state index contributed by atoms with van der Waals surface area (Å²) >= 11 is 0. The Morgan fingerprint density at radius 2 is 2.05 bits per heavy atom. The van der Waals surface area contributed by atoms with Crippen LogP contribution >= 0.6 is 0 Å². The van der Waals surface area contributed by atoms with Crippen molar-refractivity contribution in [1.29, 1.82) is 0 Å². The zero-order chi connectivity index (χ0) is 14.0. The molecule has 0 aromatic carbocycles. The summed E-state index contributed by atoms with van der Waals surface area (Å²) in [6.07, 6.45) is 2.09. The van der Waals surface area contributed by atoms with E-state index in [1.807, 2.05) is 12.1 Å². The number of hydrogen-bond acceptors (Lipinski definition) is 4. The van der Waals surface area contributed by atoms with Crippen molar-refractivity contribution in [2.75, 3.05) is 18.1 Å². The number of anilines is 1. The second-order valence-electron chi connectivity index (χ2n) is 6.30. The van der Waals surface area contributed by atoms with E-state index in [0.29, 0.717) is 0 Å². The van der Waals surface area contributed by atoms with E-state index < -0.39 is 0 Å². The van der Waals surface area contributed by atoms with Crippen LogP contribution in [0.15, 0.2) is 12.1 Å². The molecule has 2 rings (SSSR count). The van der Waals surface area contributed by atoms with E-state index in [2.05, 4.69) is 25.7 Å². The Balaban J connectivity index is 2.39. The highest BCUT2D eigenvalue weighted by Crippen LogP contribution is 2.28. The molecule has 2 heterocycles. The lowest BCUT2D eigenvalue weighted by atomic mass is 9.91. The van der Waals surface area contributed by atoms with Gasteiger partial charge >= 0.3 is 0 Å². The third-order valence-corrected chi connectivity index (χ3v) is 3.70. The largest absolute Gasteiger partial charge is 0.394 e. The molecule has 1 aliphatic heterocycles. The second-order valence-corrected chi connectivity index (χ2v) is 6.30. The van der Waals surface area contributed by atoms with E-state index in [4.69, 9.17) is 4.98 Å². The van der Waals surface area contributed by atoms with Gasteiger partial charge in [-0.1, -0.05) is 20.8 Å². The first kappa shape index (κ1) is 14.3. The zero-order valence-electron chi connectivity index (χ0n) is 12.1. The maximum Gasteiger partial charge on any atom is 0.129 e. The molecule has 4 heteroatoms. The highest BCUT2D eigenvalue weighted by atomic mass is 16.3. The number of aliphatic hydroxyl groups excluding tert-OH is 2. The Morgan fingerprint density at radius 3 is 2.63 bits per heavy atom. The van der Waals surface area contributed by atoms with Gasteiger partial charge in [0.2, 0.25) is 0 Å². The third kappa shape index (κ3) is 3.07. The molecule has 0 bridgehead atoms. The smallest absolute Gasteiger partial charge is 0.129 e. The molecular weight excluding hydrogens is 240 g/mol. The summed E-state index contributed by atoms with van der Waals surface area (Å²) in [5.41, 5.74) is 1.82. The normalized spacial score (nSPS) is 20.1. The van der Waals surface area contributed by atoms with Crippen LogP contribution in [0.1, 0.15) is 44.9 Å². The van der Waals surface area contributed by atoms with Crippen LogP contribution in [0.2, 0.25) is 0 Å². The maximum absolute atomic E-state index is 9.43. The lowest BCUT2D eigenvalue weighted by Gasteiger charge is -2.27. The molecule has 0 saturated carbocycles. The van der Waals surface area contributed by atoms with Gasteiger partial charge in [0.25, 0.3) is 0 Å². The first-order chi connectivity index (χ1) is 8.95. The summed E-state index contributed by atoms with van der Waals surface area (Å²) in [6.45, 7) is 7.47. The molecule has 1 saturated heterocycles. The molecule has 4 nitrogen and oxygen atoms in total. The fourth-order valence-corrected chi connectivity index (χ4v) is 2.52. The number of rotatable bonds is 3. The zero-order valence-corrected chi connectivity index (χ0v) is 12.1. The Hall–Kier alpha value is -1.13. The van der Waals surface area contributed by atoms with Crippen molar-refractivity contribution in [3.8, 4) is 0 Å². The van der Waals surface area contributed by atoms with Gasteiger partial charge in [-0.25, -0.2) is 4.98 Å². The molecule has 0 spiro atoms. The molecule has 1 aliphatic rings. The number of nitrogens with zero attached hydrogens (tertiary/aromatic N) is 2. The number of aromatic nitrogens is 1. The van der Waals surface area contributed by atoms with Gasteiger partial charge in [0.15, 0.2) is 0 Å². The average molecular weight is 264 g/mol. The SMILES string of the molecule is CC(C)(C)c1cc(CO)cc(N2CCCC2CO)n1. The van der Waals surface area contributed by atoms with Crippen LogP contribution in [0.25, 0.3) is 0 Å². The first-order valence-corrected chi connectivity index (χ1v) is 6.95. The highest BCUT2D eigenvalue weighted by Gasteiger charge is 2.26. The van der Waals surface area contributed by atoms with Crippen LogP contribution in [0.4, 0.5) is 5.82 Å². The van der Waals surface area contributed by atoms with Crippen molar-refractivity contribution in [2.45, 2.75) is 51.7 Å². The number of aliphatic hydroxyl groups is 2. The molecule has 0 amide bonds. The first-order valence-electron chi connectivity index (χ1n) is 6.95. The predicted octanol–water partition coefficient (Wildman–Crippen LogP) is 1.83. The molecule has 106 valence electrons. The summed E-state index contributed by atoms with van der Waals surface area (Å²) in [5.74, 6) is 0.882. The molecule has 1 aromatic rings. The van der Waals surface area contributed by atoms with Crippen molar-refractivity contribution < 1.29 is 10.2 Å². The second kappa shape index (κ2) is 5.47. The molecule has 2 N–H and O–H groups in total. The quantitative estimate of drug-likeness (QED) is 0.874. The molecule has 1 atom stereocenters. The van der Waals surface area contributed by atoms with Crippen LogP contribution in [0, 0.1) is 0 Å². The predicted molar refractivity (Wildman–Crippen MR) is 76.3 cm³/mol. The van der Waals surface area contributed by atoms with Crippen LogP contribution in [-0.2, 0) is 12.0 Å². The van der Waals surface area contributed by atoms with Gasteiger partial charge < -0.3 is 15.1 Å². The van der Waals surface area contributed by atoms with Crippen molar-refractivity contribution in [2.24, 2.45) is 0 Å². The van der Waals surface area contributed by atoms with E-state index in [1.54, 1.807) is 0 Å². The standard InChI is InChI=1S/C15H24N2O2/c1-15(2,3)13-7-11(9-18)8-14(16-13)17-6-4-5-12(17)10-19/h7-8,12,18-19H,4-6,9-10H2,1-3H3. The Labute approximate surface area is 115 Å². The van der Waals surface area contributed by atoms with Crippen LogP contribution in [0.3, 0.4) is 0 Å². The highest BCUT2D eigenvalue weighted by molar-refractivity contribution is 5.45. The van der Waals surface area contributed by atoms with E-state index in [-0.39, 0.29) is 24.7 Å². The fourth-order valence-electron chi connectivity index (χ4n) is 2.52. The molecule has 1 unspecified atom stereocenters. The van der Waals surface area contributed by atoms with Gasteiger partial charge in [0.05, 0.1) is 19.3 Å². The average Bonchev–Trinajstić information content (AvgIpc) is 2.85. The molecule has 1 aromatic heterocycles. The Morgan fingerprint density at radius 1 is 1.32 bits per heavy atom. The van der Waals surface area contributed by atoms with Crippen molar-refractivity contribution in [1.82, 2.24) is 4.98 Å². The number of pyridine rings is 1. The lowest BCUT2D eigenvalue weighted by Crippen LogP contribution is -2.33. The van der Waals surface area contributed by atoms with E-state index in [1.165, 1.54) is 0 Å². The van der Waals surface area contributed by atoms with Gasteiger partial charge in [0, 0.05) is 17.7 Å². The topological polar surface area (TPSA) is 56.6 Å². The van der Waals surface area contributed by atoms with Gasteiger partial charge in [-0.3, -0.25) is 0 Å². The monoisotopic (exact) mass is 264 g/mol. The maximum atomic E-state index is 9.43. The Kier molecular flexibility index (Phi) is 4.11. The van der Waals surface area contributed by atoms with Crippen molar-refractivity contribution in [3.05, 3.63) is 23.4 Å². The summed E-state index contributed by atoms with van der Waals surface area (Å²) in [5, 5.41) is 18.9. The van der Waals surface area contributed by atoms with Crippen molar-refractivity contribution in [3.63, 3.8) is 0 Å². The number of hydrogen-bond donors (Lipinski definition) is 2. The minimum absolute atomic E-state index is 0.0240. The fraction of sp³-hybridized carbons (Fsp3) is 0.667. The summed E-state index contributed by atoms with van der Waals surface area (Å²) in [7, 11) is 0. The van der Waals surface area contributed by atoms with Gasteiger partial charge in [-0.2, -0.15) is 0 Å². The van der Waals surface area contributed by atoms with Gasteiger partial charge in [-0.05, 0) is 30.5 Å². The summed E-state index contributed by atoms with van der Waals surface area (Å²) in [4.78, 5) is 6.90. The van der Waals surface area contributed by atoms with E-state index >= 15 is 0 Å². The summed E-state index contributed by atoms with van der Waals surface area (Å²) in [6, 6.07) is 4.06. The molecular formula is C15H24N2O2. The third-order valence-electron chi connectivity index (χ3n) is 3.70. The molecule has 1 fully saturated rings. The van der Waals surface area contributed by atoms with Crippen LogP contribution in [-0.4, -0.2) is 34.4 Å². The van der Waals surface area contributed by atoms with Crippen LogP contribution in [0.5, 0.6) is 0 Å². The molecule has 0 aliphatic carbocycles. The minimum atomic E-state index is -0.0473. The van der Waals surface area contributed by atoms with Crippen LogP contribution < -0.4 is 4.90 Å². The summed E-state index contributed by atoms with van der Waals surface area (Å²) < 4.78 is 0. The van der Waals surface area contributed by atoms with Gasteiger partial charge in [-0.15, -0.1) is 0 Å². The van der Waals surface area contributed by atoms with E-state index in [0.717, 1.165) is 36.5 Å². The van der Waals surface area contributed by atoms with Crippen molar-refractivity contribution >= 4 is 5.82 Å². The molecule has 19 heavy (non-hydrogen) atoms. The lowest BCUT2D eigenvalue weighted by molar-refractivity contribution is 0.265. The van der Waals surface area contributed by atoms with Gasteiger partial charge in [0.1, 0.15) is 5.82 Å². The Bertz CT molecular complexity index is 440. The minimum Gasteiger partial charge on any atom is -0.394 e. The van der Waals surface area contributed by atoms with E-state index in [9.17, 15) is 10.2 Å².